The molecule has 0 spiro atoms. The Morgan fingerprint density at radius 1 is 0.857 bits per heavy atom. The van der Waals surface area contributed by atoms with Gasteiger partial charge in [0.05, 0.1) is 12.7 Å². The van der Waals surface area contributed by atoms with Gasteiger partial charge in [0, 0.05) is 0 Å². The summed E-state index contributed by atoms with van der Waals surface area (Å²) in [4.78, 5) is 0. The van der Waals surface area contributed by atoms with Crippen molar-refractivity contribution in [2.75, 3.05) is 13.2 Å². The van der Waals surface area contributed by atoms with Crippen molar-refractivity contribution in [2.45, 2.75) is 83.6 Å². The third-order valence-electron chi connectivity index (χ3n) is 6.83. The fourth-order valence-electron chi connectivity index (χ4n) is 4.80. The molecule has 0 aliphatic heterocycles. The van der Waals surface area contributed by atoms with E-state index in [4.69, 9.17) is 9.47 Å². The van der Waals surface area contributed by atoms with Gasteiger partial charge in [0.25, 0.3) is 0 Å². The van der Waals surface area contributed by atoms with Gasteiger partial charge in [0.1, 0.15) is 11.3 Å². The van der Waals surface area contributed by atoms with Gasteiger partial charge in [0.15, 0.2) is 18.2 Å². The first-order chi connectivity index (χ1) is 16.5. The summed E-state index contributed by atoms with van der Waals surface area (Å²) in [7, 11) is 0. The van der Waals surface area contributed by atoms with Gasteiger partial charge >= 0.3 is 12.3 Å². The lowest BCUT2D eigenvalue weighted by Crippen LogP contribution is -2.34. The Kier molecular flexibility index (Phi) is 9.40. The minimum atomic E-state index is -5.14. The van der Waals surface area contributed by atoms with Gasteiger partial charge < -0.3 is 14.2 Å². The molecule has 0 atom stereocenters. The SMILES string of the molecule is CCOc1ccc(OC(F)(F)COC2CCC(/C=C/C3CCC(C)CC3)CC2)c(F)c1C(F)(F)F. The molecule has 0 N–H and O–H groups in total. The van der Waals surface area contributed by atoms with Crippen LogP contribution < -0.4 is 9.47 Å². The van der Waals surface area contributed by atoms with Crippen LogP contribution in [-0.4, -0.2) is 25.4 Å². The monoisotopic (exact) mass is 508 g/mol. The average Bonchev–Trinajstić information content (AvgIpc) is 2.79. The Bertz CT molecular complexity index is 838. The van der Waals surface area contributed by atoms with E-state index in [-0.39, 0.29) is 6.61 Å². The summed E-state index contributed by atoms with van der Waals surface area (Å²) in [6.07, 6.45) is 2.79. The van der Waals surface area contributed by atoms with E-state index >= 15 is 0 Å². The van der Waals surface area contributed by atoms with Crippen molar-refractivity contribution in [3.63, 3.8) is 0 Å². The van der Waals surface area contributed by atoms with E-state index in [1.54, 1.807) is 0 Å². The Balaban J connectivity index is 1.50. The lowest BCUT2D eigenvalue weighted by Gasteiger charge is -2.29. The summed E-state index contributed by atoms with van der Waals surface area (Å²) in [6.45, 7) is 2.39. The van der Waals surface area contributed by atoms with Crippen molar-refractivity contribution in [1.29, 1.82) is 0 Å². The molecule has 198 valence electrons. The third-order valence-corrected chi connectivity index (χ3v) is 6.83. The normalized spacial score (nSPS) is 26.2. The summed E-state index contributed by atoms with van der Waals surface area (Å²) in [5.74, 6) is -2.12. The third kappa shape index (κ3) is 8.05. The first-order valence-electron chi connectivity index (χ1n) is 12.4. The number of hydrogen-bond acceptors (Lipinski definition) is 3. The van der Waals surface area contributed by atoms with E-state index in [0.29, 0.717) is 30.7 Å². The highest BCUT2D eigenvalue weighted by atomic mass is 19.4. The largest absolute Gasteiger partial charge is 0.493 e. The summed E-state index contributed by atoms with van der Waals surface area (Å²) < 4.78 is 97.2. The van der Waals surface area contributed by atoms with Gasteiger partial charge in [-0.05, 0) is 75.3 Å². The molecule has 2 aliphatic rings. The summed E-state index contributed by atoms with van der Waals surface area (Å²) in [6, 6.07) is 1.47. The van der Waals surface area contributed by atoms with Crippen molar-refractivity contribution < 1.29 is 40.6 Å². The number of ether oxygens (including phenoxy) is 3. The molecule has 2 aliphatic carbocycles. The highest BCUT2D eigenvalue weighted by Gasteiger charge is 2.42. The van der Waals surface area contributed by atoms with E-state index in [9.17, 15) is 26.3 Å². The molecule has 0 saturated heterocycles. The molecule has 1 aromatic rings. The first kappa shape index (κ1) is 27.7. The number of halogens is 6. The molecule has 2 saturated carbocycles. The Morgan fingerprint density at radius 2 is 1.40 bits per heavy atom. The molecule has 3 nitrogen and oxygen atoms in total. The van der Waals surface area contributed by atoms with Crippen LogP contribution >= 0.6 is 0 Å². The van der Waals surface area contributed by atoms with Crippen LogP contribution in [-0.2, 0) is 10.9 Å². The summed E-state index contributed by atoms with van der Waals surface area (Å²) in [5.41, 5.74) is -1.78. The van der Waals surface area contributed by atoms with Crippen molar-refractivity contribution in [3.8, 4) is 11.5 Å². The quantitative estimate of drug-likeness (QED) is 0.249. The minimum absolute atomic E-state index is 0.148. The molecular weight excluding hydrogens is 474 g/mol. The van der Waals surface area contributed by atoms with E-state index in [1.807, 2.05) is 0 Å². The van der Waals surface area contributed by atoms with Gasteiger partial charge in [-0.3, -0.25) is 0 Å². The van der Waals surface area contributed by atoms with Crippen LogP contribution in [0.3, 0.4) is 0 Å². The molecule has 0 radical (unpaired) electrons. The molecule has 0 aromatic heterocycles. The Morgan fingerprint density at radius 3 is 1.94 bits per heavy atom. The molecule has 0 bridgehead atoms. The zero-order chi connectivity index (χ0) is 25.6. The van der Waals surface area contributed by atoms with Crippen LogP contribution in [0.2, 0.25) is 0 Å². The molecule has 35 heavy (non-hydrogen) atoms. The lowest BCUT2D eigenvalue weighted by molar-refractivity contribution is -0.223. The van der Waals surface area contributed by atoms with E-state index < -0.39 is 47.9 Å². The second-order valence-electron chi connectivity index (χ2n) is 9.67. The van der Waals surface area contributed by atoms with Crippen LogP contribution in [0.15, 0.2) is 24.3 Å². The molecule has 1 aromatic carbocycles. The highest BCUT2D eigenvalue weighted by molar-refractivity contribution is 5.44. The first-order valence-corrected chi connectivity index (χ1v) is 12.4. The Labute approximate surface area is 202 Å². The lowest BCUT2D eigenvalue weighted by atomic mass is 9.81. The number of allylic oxidation sites excluding steroid dienone is 2. The van der Waals surface area contributed by atoms with Crippen LogP contribution in [0.4, 0.5) is 26.3 Å². The highest BCUT2D eigenvalue weighted by Crippen LogP contribution is 2.42. The Hall–Kier alpha value is -1.90. The van der Waals surface area contributed by atoms with Gasteiger partial charge in [-0.25, -0.2) is 4.39 Å². The number of alkyl halides is 5. The van der Waals surface area contributed by atoms with Crippen molar-refractivity contribution in [2.24, 2.45) is 17.8 Å². The topological polar surface area (TPSA) is 27.7 Å². The van der Waals surface area contributed by atoms with Crippen molar-refractivity contribution >= 4 is 0 Å². The maximum atomic E-state index is 14.4. The van der Waals surface area contributed by atoms with Crippen LogP contribution in [0.5, 0.6) is 11.5 Å². The minimum Gasteiger partial charge on any atom is -0.493 e. The van der Waals surface area contributed by atoms with Crippen LogP contribution in [0, 0.1) is 23.6 Å². The molecule has 2 fully saturated rings. The van der Waals surface area contributed by atoms with Gasteiger partial charge in [-0.1, -0.05) is 31.9 Å². The predicted molar refractivity (Wildman–Crippen MR) is 120 cm³/mol. The maximum absolute atomic E-state index is 14.4. The second-order valence-corrected chi connectivity index (χ2v) is 9.67. The smallest absolute Gasteiger partial charge is 0.422 e. The molecule has 9 heteroatoms. The van der Waals surface area contributed by atoms with Gasteiger partial charge in [0.2, 0.25) is 0 Å². The number of rotatable bonds is 9. The summed E-state index contributed by atoms with van der Waals surface area (Å²) >= 11 is 0. The summed E-state index contributed by atoms with van der Waals surface area (Å²) in [5, 5.41) is 0. The maximum Gasteiger partial charge on any atom is 0.422 e. The molecule has 0 unspecified atom stereocenters. The molecule has 0 amide bonds. The molecule has 3 rings (SSSR count). The average molecular weight is 509 g/mol. The fourth-order valence-corrected chi connectivity index (χ4v) is 4.80. The van der Waals surface area contributed by atoms with Crippen molar-refractivity contribution in [1.82, 2.24) is 0 Å². The van der Waals surface area contributed by atoms with E-state index in [1.165, 1.54) is 32.6 Å². The van der Waals surface area contributed by atoms with E-state index in [2.05, 4.69) is 23.8 Å². The second kappa shape index (κ2) is 11.9. The standard InChI is InChI=1S/C26H34F6O3/c1-3-33-21-14-15-22(24(27)23(21)26(30,31)32)35-25(28,29)16-34-20-12-10-19(11-13-20)9-8-18-6-4-17(2)5-7-18/h8-9,14-15,17-20H,3-7,10-13,16H2,1-2H3/b9-8+. The fraction of sp³-hybridized carbons (Fsp3) is 0.692. The molecule has 0 heterocycles. The zero-order valence-electron chi connectivity index (χ0n) is 20.2. The number of hydrogen-bond donors (Lipinski definition) is 0. The zero-order valence-corrected chi connectivity index (χ0v) is 20.2. The van der Waals surface area contributed by atoms with Crippen molar-refractivity contribution in [3.05, 3.63) is 35.7 Å². The van der Waals surface area contributed by atoms with Crippen LogP contribution in [0.25, 0.3) is 0 Å². The van der Waals surface area contributed by atoms with Crippen LogP contribution in [0.1, 0.15) is 70.8 Å². The number of benzene rings is 1. The molecular formula is C26H34F6O3. The van der Waals surface area contributed by atoms with Gasteiger partial charge in [-0.15, -0.1) is 0 Å². The van der Waals surface area contributed by atoms with Gasteiger partial charge in [-0.2, -0.15) is 22.0 Å². The predicted octanol–water partition coefficient (Wildman–Crippen LogP) is 8.17. The van der Waals surface area contributed by atoms with E-state index in [0.717, 1.165) is 24.8 Å².